The second kappa shape index (κ2) is 9.20. The standard InChI is InChI=1S/C18H34N6O/c1-19-17(21-14-18(7-6-8-18)9-10-25-5)20-12-16(23(2)3)15-11-22-24(4)13-15/h11,13,16H,6-10,12,14H2,1-5H3,(H2,19,20,21). The summed E-state index contributed by atoms with van der Waals surface area (Å²) in [4.78, 5) is 6.58. The number of methoxy groups -OCH3 is 1. The normalized spacial score (nSPS) is 18.1. The van der Waals surface area contributed by atoms with Crippen molar-refractivity contribution in [1.82, 2.24) is 25.3 Å². The van der Waals surface area contributed by atoms with E-state index in [1.807, 2.05) is 25.0 Å². The largest absolute Gasteiger partial charge is 0.385 e. The third kappa shape index (κ3) is 5.44. The third-order valence-corrected chi connectivity index (χ3v) is 5.30. The van der Waals surface area contributed by atoms with Crippen molar-refractivity contribution >= 4 is 5.96 Å². The van der Waals surface area contributed by atoms with Crippen molar-refractivity contribution in [2.75, 3.05) is 47.9 Å². The zero-order chi connectivity index (χ0) is 18.3. The summed E-state index contributed by atoms with van der Waals surface area (Å²) < 4.78 is 7.12. The molecule has 0 bridgehead atoms. The van der Waals surface area contributed by atoms with Gasteiger partial charge in [0.05, 0.1) is 12.2 Å². The number of hydrogen-bond acceptors (Lipinski definition) is 4. The Morgan fingerprint density at radius 2 is 2.20 bits per heavy atom. The van der Waals surface area contributed by atoms with Crippen LogP contribution in [0.15, 0.2) is 17.4 Å². The maximum atomic E-state index is 5.28. The van der Waals surface area contributed by atoms with Crippen LogP contribution in [0, 0.1) is 5.41 Å². The summed E-state index contributed by atoms with van der Waals surface area (Å²) in [5, 5.41) is 11.3. The fourth-order valence-electron chi connectivity index (χ4n) is 3.41. The summed E-state index contributed by atoms with van der Waals surface area (Å²) >= 11 is 0. The molecule has 0 aliphatic heterocycles. The lowest BCUT2D eigenvalue weighted by atomic mass is 9.67. The highest BCUT2D eigenvalue weighted by atomic mass is 16.5. The fourth-order valence-corrected chi connectivity index (χ4v) is 3.41. The Kier molecular flexibility index (Phi) is 7.25. The lowest BCUT2D eigenvalue weighted by Gasteiger charge is -2.42. The van der Waals surface area contributed by atoms with Gasteiger partial charge in [-0.25, -0.2) is 0 Å². The predicted molar refractivity (Wildman–Crippen MR) is 102 cm³/mol. The van der Waals surface area contributed by atoms with Crippen LogP contribution in [-0.2, 0) is 11.8 Å². The van der Waals surface area contributed by atoms with Gasteiger partial charge in [-0.1, -0.05) is 6.42 Å². The van der Waals surface area contributed by atoms with E-state index in [2.05, 4.69) is 45.9 Å². The Hall–Kier alpha value is -1.60. The molecule has 1 fully saturated rings. The zero-order valence-corrected chi connectivity index (χ0v) is 16.4. The van der Waals surface area contributed by atoms with Gasteiger partial charge >= 0.3 is 0 Å². The summed E-state index contributed by atoms with van der Waals surface area (Å²) in [6.45, 7) is 2.57. The fraction of sp³-hybridized carbons (Fsp3) is 0.778. The lowest BCUT2D eigenvalue weighted by Crippen LogP contribution is -2.48. The number of likely N-dealkylation sites (N-methyl/N-ethyl adjacent to an activating group) is 1. The molecule has 7 nitrogen and oxygen atoms in total. The van der Waals surface area contributed by atoms with Crippen molar-refractivity contribution in [3.05, 3.63) is 18.0 Å². The quantitative estimate of drug-likeness (QED) is 0.520. The van der Waals surface area contributed by atoms with Crippen molar-refractivity contribution in [3.8, 4) is 0 Å². The maximum absolute atomic E-state index is 5.28. The van der Waals surface area contributed by atoms with Gasteiger partial charge in [-0.15, -0.1) is 0 Å². The number of nitrogens with zero attached hydrogens (tertiary/aromatic N) is 4. The molecule has 2 N–H and O–H groups in total. The SMILES string of the molecule is CN=C(NCC(c1cnn(C)c1)N(C)C)NCC1(CCOC)CCC1. The van der Waals surface area contributed by atoms with Crippen molar-refractivity contribution < 1.29 is 4.74 Å². The zero-order valence-electron chi connectivity index (χ0n) is 16.4. The second-order valence-corrected chi connectivity index (χ2v) is 7.33. The summed E-state index contributed by atoms with van der Waals surface area (Å²) in [5.74, 6) is 0.861. The molecule has 1 atom stereocenters. The van der Waals surface area contributed by atoms with E-state index in [0.717, 1.165) is 32.1 Å². The van der Waals surface area contributed by atoms with Gasteiger partial charge < -0.3 is 20.3 Å². The van der Waals surface area contributed by atoms with Crippen LogP contribution in [0.2, 0.25) is 0 Å². The number of aliphatic imine (C=N–C) groups is 1. The van der Waals surface area contributed by atoms with Crippen LogP contribution in [0.1, 0.15) is 37.3 Å². The maximum Gasteiger partial charge on any atom is 0.191 e. The van der Waals surface area contributed by atoms with Gasteiger partial charge in [0.15, 0.2) is 5.96 Å². The first-order chi connectivity index (χ1) is 12.0. The van der Waals surface area contributed by atoms with E-state index in [9.17, 15) is 0 Å². The second-order valence-electron chi connectivity index (χ2n) is 7.33. The van der Waals surface area contributed by atoms with Crippen molar-refractivity contribution in [1.29, 1.82) is 0 Å². The molecule has 0 aromatic carbocycles. The Balaban J connectivity index is 1.86. The lowest BCUT2D eigenvalue weighted by molar-refractivity contribution is 0.0732. The van der Waals surface area contributed by atoms with Gasteiger partial charge in [-0.3, -0.25) is 9.67 Å². The van der Waals surface area contributed by atoms with Crippen LogP contribution in [0.25, 0.3) is 0 Å². The van der Waals surface area contributed by atoms with Gasteiger partial charge in [-0.05, 0) is 38.8 Å². The van der Waals surface area contributed by atoms with E-state index in [0.29, 0.717) is 5.41 Å². The minimum absolute atomic E-state index is 0.249. The van der Waals surface area contributed by atoms with Crippen LogP contribution in [0.4, 0.5) is 0 Å². The van der Waals surface area contributed by atoms with Crippen LogP contribution >= 0.6 is 0 Å². The van der Waals surface area contributed by atoms with E-state index in [1.165, 1.54) is 24.8 Å². The number of rotatable bonds is 9. The number of aromatic nitrogens is 2. The molecule has 1 aliphatic carbocycles. The van der Waals surface area contributed by atoms with Gasteiger partial charge in [0.25, 0.3) is 0 Å². The first-order valence-corrected chi connectivity index (χ1v) is 9.08. The average molecular weight is 351 g/mol. The molecule has 7 heteroatoms. The highest BCUT2D eigenvalue weighted by Crippen LogP contribution is 2.43. The highest BCUT2D eigenvalue weighted by Gasteiger charge is 2.36. The Morgan fingerprint density at radius 3 is 2.68 bits per heavy atom. The molecular weight excluding hydrogens is 316 g/mol. The number of aryl methyl sites for hydroxylation is 1. The van der Waals surface area contributed by atoms with E-state index in [4.69, 9.17) is 4.74 Å². The molecule has 1 heterocycles. The first kappa shape index (κ1) is 19.7. The smallest absolute Gasteiger partial charge is 0.191 e. The molecule has 1 saturated carbocycles. The van der Waals surface area contributed by atoms with E-state index in [1.54, 1.807) is 7.11 Å². The van der Waals surface area contributed by atoms with E-state index >= 15 is 0 Å². The Bertz CT molecular complexity index is 550. The molecule has 0 amide bonds. The van der Waals surface area contributed by atoms with Crippen LogP contribution in [0.3, 0.4) is 0 Å². The van der Waals surface area contributed by atoms with Crippen molar-refractivity contribution in [2.45, 2.75) is 31.7 Å². The molecule has 1 unspecified atom stereocenters. The molecule has 25 heavy (non-hydrogen) atoms. The van der Waals surface area contributed by atoms with Gasteiger partial charge in [-0.2, -0.15) is 5.10 Å². The van der Waals surface area contributed by atoms with Gasteiger partial charge in [0, 0.05) is 52.7 Å². The summed E-state index contributed by atoms with van der Waals surface area (Å²) in [7, 11) is 9.72. The molecule has 142 valence electrons. The monoisotopic (exact) mass is 350 g/mol. The van der Waals surface area contributed by atoms with Gasteiger partial charge in [0.2, 0.25) is 0 Å². The number of guanidine groups is 1. The molecule has 1 aromatic heterocycles. The Labute approximate surface area is 151 Å². The number of nitrogens with one attached hydrogen (secondary N) is 2. The third-order valence-electron chi connectivity index (χ3n) is 5.30. The van der Waals surface area contributed by atoms with Crippen molar-refractivity contribution in [3.63, 3.8) is 0 Å². The molecular formula is C18H34N6O. The molecule has 0 spiro atoms. The number of ether oxygens (including phenoxy) is 1. The first-order valence-electron chi connectivity index (χ1n) is 9.08. The Morgan fingerprint density at radius 1 is 1.44 bits per heavy atom. The summed E-state index contributed by atoms with van der Waals surface area (Å²) in [6, 6.07) is 0.249. The average Bonchev–Trinajstić information content (AvgIpc) is 2.97. The molecule has 0 radical (unpaired) electrons. The molecule has 1 aliphatic rings. The minimum Gasteiger partial charge on any atom is -0.385 e. The van der Waals surface area contributed by atoms with Crippen LogP contribution < -0.4 is 10.6 Å². The van der Waals surface area contributed by atoms with Crippen LogP contribution in [0.5, 0.6) is 0 Å². The van der Waals surface area contributed by atoms with E-state index in [-0.39, 0.29) is 6.04 Å². The van der Waals surface area contributed by atoms with Crippen molar-refractivity contribution in [2.24, 2.45) is 17.5 Å². The molecule has 0 saturated heterocycles. The predicted octanol–water partition coefficient (Wildman–Crippen LogP) is 1.39. The molecule has 1 aromatic rings. The number of hydrogen-bond donors (Lipinski definition) is 2. The summed E-state index contributed by atoms with van der Waals surface area (Å²) in [5.41, 5.74) is 1.57. The summed E-state index contributed by atoms with van der Waals surface area (Å²) in [6.07, 6.45) is 8.98. The van der Waals surface area contributed by atoms with E-state index < -0.39 is 0 Å². The highest BCUT2D eigenvalue weighted by molar-refractivity contribution is 5.79. The topological polar surface area (TPSA) is 66.7 Å². The molecule has 2 rings (SSSR count). The van der Waals surface area contributed by atoms with Gasteiger partial charge in [0.1, 0.15) is 0 Å². The van der Waals surface area contributed by atoms with Crippen LogP contribution in [-0.4, -0.2) is 68.6 Å². The minimum atomic E-state index is 0.249.